The first-order valence-corrected chi connectivity index (χ1v) is 9.18. The highest BCUT2D eigenvalue weighted by atomic mass is 79.9. The van der Waals surface area contributed by atoms with Gasteiger partial charge in [-0.1, -0.05) is 34.1 Å². The molecular weight excluding hydrogens is 414 g/mol. The summed E-state index contributed by atoms with van der Waals surface area (Å²) in [7, 11) is 1.60. The summed E-state index contributed by atoms with van der Waals surface area (Å²) in [6.07, 6.45) is 0. The molecule has 1 unspecified atom stereocenters. The van der Waals surface area contributed by atoms with Gasteiger partial charge in [-0.2, -0.15) is 0 Å². The van der Waals surface area contributed by atoms with Crippen LogP contribution in [0, 0.1) is 0 Å². The Bertz CT molecular complexity index is 881. The maximum absolute atomic E-state index is 13.0. The largest absolute Gasteiger partial charge is 0.497 e. The van der Waals surface area contributed by atoms with E-state index in [1.54, 1.807) is 31.4 Å². The highest BCUT2D eigenvalue weighted by Gasteiger charge is 2.30. The molecule has 1 aliphatic heterocycles. The number of carbonyl (C=O) groups excluding carboxylic acids is 1. The molecule has 2 aromatic rings. The maximum Gasteiger partial charge on any atom is 0.255 e. The fourth-order valence-corrected chi connectivity index (χ4v) is 3.59. The second-order valence-electron chi connectivity index (χ2n) is 5.77. The Hall–Kier alpha value is -2.38. The molecule has 134 valence electrons. The smallest absolute Gasteiger partial charge is 0.255 e. The van der Waals surface area contributed by atoms with Crippen LogP contribution in [0.25, 0.3) is 0 Å². The normalized spacial score (nSPS) is 16.6. The van der Waals surface area contributed by atoms with E-state index in [4.69, 9.17) is 17.0 Å². The number of methoxy groups -OCH3 is 1. The Morgan fingerprint density at radius 2 is 1.88 bits per heavy atom. The van der Waals surface area contributed by atoms with Gasteiger partial charge >= 0.3 is 0 Å². The Balaban J connectivity index is 1.93. The molecule has 0 radical (unpaired) electrons. The second kappa shape index (κ2) is 7.88. The molecule has 0 spiro atoms. The van der Waals surface area contributed by atoms with Crippen molar-refractivity contribution in [3.05, 3.63) is 69.8 Å². The van der Waals surface area contributed by atoms with Crippen LogP contribution in [0.5, 0.6) is 5.75 Å². The number of halogens is 1. The molecule has 5 nitrogen and oxygen atoms in total. The van der Waals surface area contributed by atoms with Crippen LogP contribution in [0.3, 0.4) is 0 Å². The van der Waals surface area contributed by atoms with Gasteiger partial charge in [-0.05, 0) is 55.0 Å². The van der Waals surface area contributed by atoms with E-state index in [2.05, 4.69) is 31.9 Å². The van der Waals surface area contributed by atoms with Crippen molar-refractivity contribution in [2.24, 2.45) is 0 Å². The summed E-state index contributed by atoms with van der Waals surface area (Å²) in [5, 5.41) is 9.65. The van der Waals surface area contributed by atoms with E-state index < -0.39 is 0 Å². The molecule has 0 saturated carbocycles. The monoisotopic (exact) mass is 431 g/mol. The maximum atomic E-state index is 13.0. The lowest BCUT2D eigenvalue weighted by Gasteiger charge is -2.31. The van der Waals surface area contributed by atoms with Gasteiger partial charge in [-0.3, -0.25) is 4.79 Å². The van der Waals surface area contributed by atoms with E-state index in [-0.39, 0.29) is 11.9 Å². The minimum Gasteiger partial charge on any atom is -0.497 e. The number of benzene rings is 2. The van der Waals surface area contributed by atoms with E-state index >= 15 is 0 Å². The van der Waals surface area contributed by atoms with Crippen LogP contribution in [-0.4, -0.2) is 18.1 Å². The van der Waals surface area contributed by atoms with Crippen LogP contribution in [0.4, 0.5) is 5.69 Å². The summed E-state index contributed by atoms with van der Waals surface area (Å²) in [6, 6.07) is 14.6. The Morgan fingerprint density at radius 1 is 1.19 bits per heavy atom. The zero-order valence-electron chi connectivity index (χ0n) is 14.3. The van der Waals surface area contributed by atoms with Gasteiger partial charge in [0, 0.05) is 15.9 Å². The molecule has 7 heteroatoms. The molecule has 1 aliphatic rings. The number of carbonyl (C=O) groups is 1. The molecule has 1 heterocycles. The van der Waals surface area contributed by atoms with Gasteiger partial charge in [-0.15, -0.1) is 0 Å². The van der Waals surface area contributed by atoms with Crippen molar-refractivity contribution >= 4 is 44.9 Å². The molecule has 1 amide bonds. The standard InChI is InChI=1S/C19H18BrN3O2S/c1-11-16(18(24)22-12-7-9-13(25-2)10-8-12)17(23-19(26)21-11)14-5-3-4-6-15(14)20/h3-10,17H,1-2H3,(H,22,24)(H2,21,23,26). The van der Waals surface area contributed by atoms with Gasteiger partial charge in [0.05, 0.1) is 18.7 Å². The molecule has 26 heavy (non-hydrogen) atoms. The fraction of sp³-hybridized carbons (Fsp3) is 0.158. The molecular formula is C19H18BrN3O2S. The number of amides is 1. The van der Waals surface area contributed by atoms with Gasteiger partial charge in [0.1, 0.15) is 5.75 Å². The molecule has 0 saturated heterocycles. The number of thiocarbonyl (C=S) groups is 1. The number of nitrogens with one attached hydrogen (secondary N) is 3. The van der Waals surface area contributed by atoms with Gasteiger partial charge in [0.2, 0.25) is 0 Å². The third-order valence-electron chi connectivity index (χ3n) is 4.08. The number of rotatable bonds is 4. The minimum atomic E-state index is -0.349. The van der Waals surface area contributed by atoms with Crippen molar-refractivity contribution in [1.29, 1.82) is 0 Å². The van der Waals surface area contributed by atoms with E-state index in [0.29, 0.717) is 16.4 Å². The van der Waals surface area contributed by atoms with Gasteiger partial charge < -0.3 is 20.7 Å². The fourth-order valence-electron chi connectivity index (χ4n) is 2.81. The average Bonchev–Trinajstić information content (AvgIpc) is 2.62. The van der Waals surface area contributed by atoms with Crippen LogP contribution < -0.4 is 20.7 Å². The first kappa shape index (κ1) is 18.4. The molecule has 0 fully saturated rings. The number of hydrogen-bond acceptors (Lipinski definition) is 3. The summed E-state index contributed by atoms with van der Waals surface area (Å²) < 4.78 is 6.05. The quantitative estimate of drug-likeness (QED) is 0.640. The number of anilines is 1. The van der Waals surface area contributed by atoms with Crippen molar-refractivity contribution < 1.29 is 9.53 Å². The molecule has 1 atom stereocenters. The molecule has 0 aliphatic carbocycles. The highest BCUT2D eigenvalue weighted by molar-refractivity contribution is 9.10. The SMILES string of the molecule is COc1ccc(NC(=O)C2=C(C)NC(=S)NC2c2ccccc2Br)cc1. The van der Waals surface area contributed by atoms with E-state index in [0.717, 1.165) is 21.5 Å². The third-order valence-corrected chi connectivity index (χ3v) is 5.02. The topological polar surface area (TPSA) is 62.4 Å². The Kier molecular flexibility index (Phi) is 5.58. The second-order valence-corrected chi connectivity index (χ2v) is 7.04. The van der Waals surface area contributed by atoms with Gasteiger partial charge in [0.15, 0.2) is 5.11 Å². The summed E-state index contributed by atoms with van der Waals surface area (Å²) >= 11 is 8.84. The van der Waals surface area contributed by atoms with Crippen molar-refractivity contribution in [2.45, 2.75) is 13.0 Å². The summed E-state index contributed by atoms with van der Waals surface area (Å²) in [5.41, 5.74) is 2.94. The highest BCUT2D eigenvalue weighted by Crippen LogP contribution is 2.32. The first-order chi connectivity index (χ1) is 12.5. The first-order valence-electron chi connectivity index (χ1n) is 7.97. The van der Waals surface area contributed by atoms with E-state index in [1.807, 2.05) is 31.2 Å². The lowest BCUT2D eigenvalue weighted by molar-refractivity contribution is -0.113. The van der Waals surface area contributed by atoms with Crippen LogP contribution in [0.15, 0.2) is 64.3 Å². The van der Waals surface area contributed by atoms with Crippen LogP contribution >= 0.6 is 28.1 Å². The predicted molar refractivity (Wildman–Crippen MR) is 110 cm³/mol. The van der Waals surface area contributed by atoms with E-state index in [9.17, 15) is 4.79 Å². The lowest BCUT2D eigenvalue weighted by Crippen LogP contribution is -2.45. The van der Waals surface area contributed by atoms with Crippen molar-refractivity contribution in [1.82, 2.24) is 10.6 Å². The van der Waals surface area contributed by atoms with Crippen molar-refractivity contribution in [3.8, 4) is 5.75 Å². The molecule has 0 bridgehead atoms. The number of hydrogen-bond donors (Lipinski definition) is 3. The van der Waals surface area contributed by atoms with Crippen LogP contribution in [-0.2, 0) is 4.79 Å². The molecule has 3 N–H and O–H groups in total. The van der Waals surface area contributed by atoms with Gasteiger partial charge in [0.25, 0.3) is 5.91 Å². The average molecular weight is 432 g/mol. The molecule has 3 rings (SSSR count). The molecule has 0 aromatic heterocycles. The predicted octanol–water partition coefficient (Wildman–Crippen LogP) is 3.89. The van der Waals surface area contributed by atoms with Crippen LogP contribution in [0.1, 0.15) is 18.5 Å². The number of ether oxygens (including phenoxy) is 1. The lowest BCUT2D eigenvalue weighted by atomic mass is 9.95. The van der Waals surface area contributed by atoms with E-state index in [1.165, 1.54) is 0 Å². The van der Waals surface area contributed by atoms with Gasteiger partial charge in [-0.25, -0.2) is 0 Å². The Morgan fingerprint density at radius 3 is 2.54 bits per heavy atom. The third kappa shape index (κ3) is 3.89. The van der Waals surface area contributed by atoms with Crippen molar-refractivity contribution in [2.75, 3.05) is 12.4 Å². The molecule has 2 aromatic carbocycles. The van der Waals surface area contributed by atoms with Crippen LogP contribution in [0.2, 0.25) is 0 Å². The zero-order chi connectivity index (χ0) is 18.7. The summed E-state index contributed by atoms with van der Waals surface area (Å²) in [6.45, 7) is 1.85. The Labute approximate surface area is 165 Å². The minimum absolute atomic E-state index is 0.198. The summed E-state index contributed by atoms with van der Waals surface area (Å²) in [4.78, 5) is 13.0. The zero-order valence-corrected chi connectivity index (χ0v) is 16.7. The summed E-state index contributed by atoms with van der Waals surface area (Å²) in [5.74, 6) is 0.534. The van der Waals surface area contributed by atoms with Crippen molar-refractivity contribution in [3.63, 3.8) is 0 Å². The number of allylic oxidation sites excluding steroid dienone is 1.